The third-order valence-corrected chi connectivity index (χ3v) is 2.82. The van der Waals surface area contributed by atoms with Crippen molar-refractivity contribution in [2.75, 3.05) is 0 Å². The number of hydrogen-bond acceptors (Lipinski definition) is 2. The van der Waals surface area contributed by atoms with Crippen molar-refractivity contribution in [1.82, 2.24) is 0 Å². The lowest BCUT2D eigenvalue weighted by Gasteiger charge is -2.15. The van der Waals surface area contributed by atoms with Gasteiger partial charge in [-0.15, -0.1) is 0 Å². The second-order valence-electron chi connectivity index (χ2n) is 3.99. The Hall–Kier alpha value is -0.0800. The molecule has 1 heterocycles. The van der Waals surface area contributed by atoms with E-state index >= 15 is 0 Å². The van der Waals surface area contributed by atoms with Gasteiger partial charge in [-0.2, -0.15) is 0 Å². The average Bonchev–Trinajstić information content (AvgIpc) is 2.68. The lowest BCUT2D eigenvalue weighted by Crippen LogP contribution is -2.31. The van der Waals surface area contributed by atoms with Crippen molar-refractivity contribution in [2.24, 2.45) is 11.7 Å². The maximum atomic E-state index is 5.82. The van der Waals surface area contributed by atoms with Gasteiger partial charge in [0.2, 0.25) is 0 Å². The molecule has 2 heteroatoms. The van der Waals surface area contributed by atoms with Crippen LogP contribution in [0.4, 0.5) is 0 Å². The van der Waals surface area contributed by atoms with Gasteiger partial charge in [0.1, 0.15) is 0 Å². The molecule has 0 aromatic rings. The van der Waals surface area contributed by atoms with Gasteiger partial charge in [0.05, 0.1) is 12.2 Å². The van der Waals surface area contributed by atoms with Gasteiger partial charge in [0.15, 0.2) is 0 Å². The summed E-state index contributed by atoms with van der Waals surface area (Å²) in [7, 11) is 0. The zero-order chi connectivity index (χ0) is 7.84. The van der Waals surface area contributed by atoms with Gasteiger partial charge in [-0.1, -0.05) is 0 Å². The van der Waals surface area contributed by atoms with Crippen LogP contribution in [0.2, 0.25) is 0 Å². The van der Waals surface area contributed by atoms with E-state index in [0.29, 0.717) is 12.2 Å². The van der Waals surface area contributed by atoms with E-state index in [-0.39, 0.29) is 6.04 Å². The molecule has 0 amide bonds. The molecule has 3 atom stereocenters. The molecule has 2 rings (SSSR count). The van der Waals surface area contributed by atoms with Gasteiger partial charge in [0, 0.05) is 6.04 Å². The number of hydrogen-bond donors (Lipinski definition) is 1. The molecule has 1 aliphatic carbocycles. The third-order valence-electron chi connectivity index (χ3n) is 2.82. The Bertz CT molecular complexity index is 134. The smallest absolute Gasteiger partial charge is 0.0728 e. The van der Waals surface area contributed by atoms with Crippen LogP contribution in [0.5, 0.6) is 0 Å². The van der Waals surface area contributed by atoms with E-state index in [9.17, 15) is 0 Å². The van der Waals surface area contributed by atoms with Crippen LogP contribution in [0.1, 0.15) is 32.6 Å². The highest BCUT2D eigenvalue weighted by molar-refractivity contribution is 4.88. The fraction of sp³-hybridized carbons (Fsp3) is 1.00. The Labute approximate surface area is 68.1 Å². The number of rotatable bonds is 2. The first-order chi connectivity index (χ1) is 5.27. The summed E-state index contributed by atoms with van der Waals surface area (Å²) in [5.41, 5.74) is 5.76. The van der Waals surface area contributed by atoms with Crippen LogP contribution in [-0.4, -0.2) is 18.2 Å². The minimum atomic E-state index is 0.221. The summed E-state index contributed by atoms with van der Waals surface area (Å²) in [4.78, 5) is 0. The zero-order valence-corrected chi connectivity index (χ0v) is 7.12. The fourth-order valence-corrected chi connectivity index (χ4v) is 1.89. The molecule has 11 heavy (non-hydrogen) atoms. The van der Waals surface area contributed by atoms with Gasteiger partial charge in [-0.3, -0.25) is 0 Å². The van der Waals surface area contributed by atoms with Crippen molar-refractivity contribution in [3.05, 3.63) is 0 Å². The van der Waals surface area contributed by atoms with Gasteiger partial charge in [-0.05, 0) is 38.5 Å². The molecule has 0 bridgehead atoms. The zero-order valence-electron chi connectivity index (χ0n) is 7.12. The monoisotopic (exact) mass is 155 g/mol. The Morgan fingerprint density at radius 2 is 2.00 bits per heavy atom. The maximum absolute atomic E-state index is 5.82. The Morgan fingerprint density at radius 1 is 1.27 bits per heavy atom. The van der Waals surface area contributed by atoms with Crippen LogP contribution in [0.25, 0.3) is 0 Å². The molecule has 0 aromatic heterocycles. The van der Waals surface area contributed by atoms with Gasteiger partial charge >= 0.3 is 0 Å². The molecule has 1 saturated heterocycles. The lowest BCUT2D eigenvalue weighted by molar-refractivity contribution is 0.0226. The second-order valence-corrected chi connectivity index (χ2v) is 3.99. The summed E-state index contributed by atoms with van der Waals surface area (Å²) < 4.78 is 5.82. The average molecular weight is 155 g/mol. The van der Waals surface area contributed by atoms with E-state index in [0.717, 1.165) is 5.92 Å². The molecule has 2 N–H and O–H groups in total. The summed E-state index contributed by atoms with van der Waals surface area (Å²) in [5.74, 6) is 0.888. The molecule has 1 aliphatic heterocycles. The van der Waals surface area contributed by atoms with Gasteiger partial charge in [0.25, 0.3) is 0 Å². The first kappa shape index (κ1) is 7.56. The molecule has 1 saturated carbocycles. The summed E-state index contributed by atoms with van der Waals surface area (Å²) in [6, 6.07) is 0.221. The summed E-state index contributed by atoms with van der Waals surface area (Å²) in [6.45, 7) is 2.04. The quantitative estimate of drug-likeness (QED) is 0.652. The number of nitrogens with two attached hydrogens (primary N) is 1. The van der Waals surface area contributed by atoms with Crippen molar-refractivity contribution >= 4 is 0 Å². The van der Waals surface area contributed by atoms with E-state index in [2.05, 4.69) is 0 Å². The highest BCUT2D eigenvalue weighted by Gasteiger charge is 2.38. The van der Waals surface area contributed by atoms with E-state index in [1.165, 1.54) is 25.7 Å². The topological polar surface area (TPSA) is 35.2 Å². The molecule has 3 unspecified atom stereocenters. The molecule has 2 aliphatic rings. The second kappa shape index (κ2) is 2.76. The Balaban J connectivity index is 1.82. The molecule has 0 aromatic carbocycles. The van der Waals surface area contributed by atoms with Crippen molar-refractivity contribution in [1.29, 1.82) is 0 Å². The predicted molar refractivity (Wildman–Crippen MR) is 44.3 cm³/mol. The van der Waals surface area contributed by atoms with E-state index in [4.69, 9.17) is 10.5 Å². The first-order valence-electron chi connectivity index (χ1n) is 4.68. The SMILES string of the molecule is CC(N)C1CCC(C2CC2)O1. The Kier molecular flexibility index (Phi) is 1.90. The standard InChI is InChI=1S/C9H17NO/c1-6(10)8-4-5-9(11-8)7-2-3-7/h6-9H,2-5,10H2,1H3. The van der Waals surface area contributed by atoms with Crippen LogP contribution in [0.3, 0.4) is 0 Å². The number of ether oxygens (including phenoxy) is 1. The largest absolute Gasteiger partial charge is 0.373 e. The van der Waals surface area contributed by atoms with Gasteiger partial charge in [-0.25, -0.2) is 0 Å². The molecule has 2 fully saturated rings. The molecule has 0 spiro atoms. The van der Waals surface area contributed by atoms with Crippen LogP contribution in [0, 0.1) is 5.92 Å². The van der Waals surface area contributed by atoms with Crippen LogP contribution in [-0.2, 0) is 4.74 Å². The van der Waals surface area contributed by atoms with Gasteiger partial charge < -0.3 is 10.5 Å². The van der Waals surface area contributed by atoms with Crippen molar-refractivity contribution in [3.8, 4) is 0 Å². The molecule has 2 nitrogen and oxygen atoms in total. The summed E-state index contributed by atoms with van der Waals surface area (Å²) in [6.07, 6.45) is 6.11. The van der Waals surface area contributed by atoms with E-state index in [1.807, 2.05) is 6.92 Å². The summed E-state index contributed by atoms with van der Waals surface area (Å²) in [5, 5.41) is 0. The minimum absolute atomic E-state index is 0.221. The molecule has 64 valence electrons. The minimum Gasteiger partial charge on any atom is -0.373 e. The molecular weight excluding hydrogens is 138 g/mol. The van der Waals surface area contributed by atoms with E-state index in [1.54, 1.807) is 0 Å². The van der Waals surface area contributed by atoms with Crippen LogP contribution < -0.4 is 5.73 Å². The highest BCUT2D eigenvalue weighted by Crippen LogP contribution is 2.40. The van der Waals surface area contributed by atoms with Crippen LogP contribution >= 0.6 is 0 Å². The molecular formula is C9H17NO. The summed E-state index contributed by atoms with van der Waals surface area (Å²) >= 11 is 0. The lowest BCUT2D eigenvalue weighted by atomic mass is 10.1. The van der Waals surface area contributed by atoms with Crippen molar-refractivity contribution in [2.45, 2.75) is 50.9 Å². The molecule has 0 radical (unpaired) electrons. The fourth-order valence-electron chi connectivity index (χ4n) is 1.89. The Morgan fingerprint density at radius 3 is 2.45 bits per heavy atom. The van der Waals surface area contributed by atoms with E-state index < -0.39 is 0 Å². The maximum Gasteiger partial charge on any atom is 0.0728 e. The third kappa shape index (κ3) is 1.57. The van der Waals surface area contributed by atoms with Crippen LogP contribution in [0.15, 0.2) is 0 Å². The predicted octanol–water partition coefficient (Wildman–Crippen LogP) is 1.29. The van der Waals surface area contributed by atoms with Crippen molar-refractivity contribution in [3.63, 3.8) is 0 Å². The normalized spacial score (nSPS) is 40.9. The first-order valence-corrected chi connectivity index (χ1v) is 4.68. The van der Waals surface area contributed by atoms with Crippen molar-refractivity contribution < 1.29 is 4.74 Å². The highest BCUT2D eigenvalue weighted by atomic mass is 16.5.